The van der Waals surface area contributed by atoms with Crippen molar-refractivity contribution < 1.29 is 28.9 Å². The number of nitrogens with zero attached hydrogens (tertiary/aromatic N) is 4. The van der Waals surface area contributed by atoms with Gasteiger partial charge in [-0.1, -0.05) is 35.6 Å². The molecular formula is C30H35N5O7. The van der Waals surface area contributed by atoms with Gasteiger partial charge >= 0.3 is 12.1 Å². The minimum atomic E-state index is -1.48. The minimum absolute atomic E-state index is 0.0913. The van der Waals surface area contributed by atoms with E-state index in [-0.39, 0.29) is 18.4 Å². The van der Waals surface area contributed by atoms with Gasteiger partial charge in [0.2, 0.25) is 0 Å². The van der Waals surface area contributed by atoms with Crippen LogP contribution in [-0.4, -0.2) is 75.2 Å². The maximum Gasteiger partial charge on any atom is 0.509 e. The monoisotopic (exact) mass is 577 g/mol. The number of ether oxygens (including phenoxy) is 3. The fraction of sp³-hybridized carbons (Fsp3) is 0.433. The highest BCUT2D eigenvalue weighted by molar-refractivity contribution is 5.93. The van der Waals surface area contributed by atoms with E-state index >= 15 is 0 Å². The highest BCUT2D eigenvalue weighted by Crippen LogP contribution is 2.38. The van der Waals surface area contributed by atoms with Crippen molar-refractivity contribution in [2.24, 2.45) is 5.41 Å². The van der Waals surface area contributed by atoms with Crippen LogP contribution in [0.25, 0.3) is 22.2 Å². The SMILES string of the molecule is CC(OC(=O)OC(C)(C)C)C1(C(=O)O)C=CC=C(Cn2cc(-c3cccc4c(=O)cc(N5CCOCC5)[nH]c34)nn2)C1. The van der Waals surface area contributed by atoms with Crippen molar-refractivity contribution in [1.29, 1.82) is 0 Å². The van der Waals surface area contributed by atoms with Crippen molar-refractivity contribution in [3.8, 4) is 11.3 Å². The summed E-state index contributed by atoms with van der Waals surface area (Å²) in [6.45, 7) is 9.49. The van der Waals surface area contributed by atoms with E-state index in [0.29, 0.717) is 42.9 Å². The van der Waals surface area contributed by atoms with E-state index in [1.165, 1.54) is 0 Å². The third-order valence-electron chi connectivity index (χ3n) is 7.41. The van der Waals surface area contributed by atoms with E-state index in [1.807, 2.05) is 18.2 Å². The maximum atomic E-state index is 13.0. The molecule has 5 rings (SSSR count). The largest absolute Gasteiger partial charge is 0.509 e. The van der Waals surface area contributed by atoms with E-state index in [4.69, 9.17) is 14.2 Å². The number of carboxylic acid groups (broad SMARTS) is 1. The molecule has 0 spiro atoms. The van der Waals surface area contributed by atoms with Crippen LogP contribution in [0, 0.1) is 5.41 Å². The van der Waals surface area contributed by atoms with E-state index in [0.717, 1.165) is 17.0 Å². The number of nitrogens with one attached hydrogen (secondary N) is 1. The molecule has 0 bridgehead atoms. The predicted molar refractivity (Wildman–Crippen MR) is 155 cm³/mol. The van der Waals surface area contributed by atoms with Gasteiger partial charge in [0.25, 0.3) is 0 Å². The molecule has 1 aliphatic carbocycles. The van der Waals surface area contributed by atoms with Gasteiger partial charge in [0.05, 0.1) is 31.5 Å². The Hall–Kier alpha value is -4.45. The Morgan fingerprint density at radius 2 is 2.00 bits per heavy atom. The fourth-order valence-electron chi connectivity index (χ4n) is 5.24. The number of carbonyl (C=O) groups excluding carboxylic acids is 1. The van der Waals surface area contributed by atoms with Crippen LogP contribution in [0.2, 0.25) is 0 Å². The average molecular weight is 578 g/mol. The summed E-state index contributed by atoms with van der Waals surface area (Å²) in [5.74, 6) is -0.391. The van der Waals surface area contributed by atoms with Gasteiger partial charge < -0.3 is 29.2 Å². The van der Waals surface area contributed by atoms with Gasteiger partial charge in [-0.05, 0) is 45.8 Å². The number of hydrogen-bond donors (Lipinski definition) is 2. The molecule has 12 nitrogen and oxygen atoms in total. The first-order valence-corrected chi connectivity index (χ1v) is 13.8. The minimum Gasteiger partial charge on any atom is -0.480 e. The van der Waals surface area contributed by atoms with Crippen molar-refractivity contribution in [1.82, 2.24) is 20.0 Å². The average Bonchev–Trinajstić information content (AvgIpc) is 3.40. The standard InChI is InChI=1S/C30H35N5O7/c1-19(41-28(39)42-29(2,3)4)30(27(37)38)10-6-7-20(16-30)17-35-18-23(32-33-35)21-8-5-9-22-24(36)15-25(31-26(21)22)34-11-13-40-14-12-34/h5-10,15,18-19H,11-14,16-17H2,1-4H3,(H,31,36)(H,37,38). The first kappa shape index (κ1) is 29.1. The molecule has 0 radical (unpaired) electrons. The van der Waals surface area contributed by atoms with E-state index in [1.54, 1.807) is 62.9 Å². The summed E-state index contributed by atoms with van der Waals surface area (Å²) in [5.41, 5.74) is 0.373. The lowest BCUT2D eigenvalue weighted by atomic mass is 9.74. The molecule has 1 aliphatic heterocycles. The molecule has 2 N–H and O–H groups in total. The van der Waals surface area contributed by atoms with Crippen LogP contribution >= 0.6 is 0 Å². The third kappa shape index (κ3) is 6.08. The summed E-state index contributed by atoms with van der Waals surface area (Å²) in [6.07, 6.45) is 4.96. The molecule has 2 atom stereocenters. The molecule has 3 heterocycles. The Labute approximate surface area is 242 Å². The van der Waals surface area contributed by atoms with Crippen LogP contribution in [0.4, 0.5) is 10.6 Å². The number of aliphatic carboxylic acids is 1. The summed E-state index contributed by atoms with van der Waals surface area (Å²) in [4.78, 5) is 43.2. The molecule has 2 aromatic heterocycles. The smallest absolute Gasteiger partial charge is 0.480 e. The Kier molecular flexibility index (Phi) is 7.91. The first-order valence-electron chi connectivity index (χ1n) is 13.8. The molecule has 1 saturated heterocycles. The summed E-state index contributed by atoms with van der Waals surface area (Å²) in [5, 5.41) is 19.4. The third-order valence-corrected chi connectivity index (χ3v) is 7.41. The molecule has 2 aliphatic rings. The van der Waals surface area contributed by atoms with Crippen LogP contribution < -0.4 is 10.3 Å². The summed E-state index contributed by atoms with van der Waals surface area (Å²) in [7, 11) is 0. The second-order valence-electron chi connectivity index (χ2n) is 11.6. The fourth-order valence-corrected chi connectivity index (χ4v) is 5.24. The zero-order valence-electron chi connectivity index (χ0n) is 24.1. The van der Waals surface area contributed by atoms with Crippen molar-refractivity contribution >= 4 is 28.8 Å². The van der Waals surface area contributed by atoms with Crippen LogP contribution in [0.5, 0.6) is 0 Å². The number of aromatic nitrogens is 4. The zero-order chi connectivity index (χ0) is 30.1. The van der Waals surface area contributed by atoms with E-state index in [9.17, 15) is 19.5 Å². The normalized spacial score (nSPS) is 19.8. The second-order valence-corrected chi connectivity index (χ2v) is 11.6. The molecule has 222 valence electrons. The Bertz CT molecular complexity index is 1610. The first-order chi connectivity index (χ1) is 19.9. The molecule has 1 fully saturated rings. The van der Waals surface area contributed by atoms with Gasteiger partial charge in [-0.3, -0.25) is 9.59 Å². The summed E-state index contributed by atoms with van der Waals surface area (Å²) >= 11 is 0. The number of aromatic amines is 1. The van der Waals surface area contributed by atoms with Crippen LogP contribution in [0.3, 0.4) is 0 Å². The lowest BCUT2D eigenvalue weighted by Crippen LogP contribution is -2.44. The summed E-state index contributed by atoms with van der Waals surface area (Å²) < 4.78 is 17.7. The molecule has 0 amide bonds. The maximum absolute atomic E-state index is 13.0. The molecule has 3 aromatic rings. The number of allylic oxidation sites excluding steroid dienone is 3. The van der Waals surface area contributed by atoms with Gasteiger partial charge in [0.1, 0.15) is 28.6 Å². The van der Waals surface area contributed by atoms with Gasteiger partial charge in [0, 0.05) is 30.1 Å². The number of morpholine rings is 1. The van der Waals surface area contributed by atoms with Crippen LogP contribution in [0.1, 0.15) is 34.1 Å². The lowest BCUT2D eigenvalue weighted by molar-refractivity contribution is -0.153. The lowest BCUT2D eigenvalue weighted by Gasteiger charge is -2.34. The van der Waals surface area contributed by atoms with Gasteiger partial charge in [-0.25, -0.2) is 9.48 Å². The van der Waals surface area contributed by atoms with Crippen molar-refractivity contribution in [3.05, 3.63) is 64.5 Å². The predicted octanol–water partition coefficient (Wildman–Crippen LogP) is 3.92. The quantitative estimate of drug-likeness (QED) is 0.396. The number of anilines is 1. The number of rotatable bonds is 7. The molecular weight excluding hydrogens is 542 g/mol. The second kappa shape index (κ2) is 11.4. The molecule has 12 heteroatoms. The highest BCUT2D eigenvalue weighted by Gasteiger charge is 2.46. The number of carbonyl (C=O) groups is 2. The Balaban J connectivity index is 1.37. The van der Waals surface area contributed by atoms with Crippen LogP contribution in [-0.2, 0) is 25.5 Å². The number of carboxylic acids is 1. The molecule has 1 aromatic carbocycles. The van der Waals surface area contributed by atoms with E-state index < -0.39 is 29.2 Å². The summed E-state index contributed by atoms with van der Waals surface area (Å²) in [6, 6.07) is 7.07. The topological polar surface area (TPSA) is 149 Å². The molecule has 2 unspecified atom stereocenters. The number of fused-ring (bicyclic) bond motifs is 1. The van der Waals surface area contributed by atoms with Crippen LogP contribution in [0.15, 0.2) is 59.1 Å². The van der Waals surface area contributed by atoms with Crippen molar-refractivity contribution in [3.63, 3.8) is 0 Å². The van der Waals surface area contributed by atoms with Gasteiger partial charge in [0.15, 0.2) is 5.43 Å². The molecule has 0 saturated carbocycles. The number of para-hydroxylation sites is 1. The van der Waals surface area contributed by atoms with Crippen molar-refractivity contribution in [2.75, 3.05) is 31.2 Å². The Morgan fingerprint density at radius 1 is 1.24 bits per heavy atom. The van der Waals surface area contributed by atoms with Crippen molar-refractivity contribution in [2.45, 2.75) is 52.4 Å². The number of benzene rings is 1. The van der Waals surface area contributed by atoms with E-state index in [2.05, 4.69) is 20.2 Å². The zero-order valence-corrected chi connectivity index (χ0v) is 24.1. The number of H-pyrrole nitrogens is 1. The Morgan fingerprint density at radius 3 is 2.71 bits per heavy atom. The van der Waals surface area contributed by atoms with Gasteiger partial charge in [-0.15, -0.1) is 5.10 Å². The highest BCUT2D eigenvalue weighted by atomic mass is 16.7. The number of pyridine rings is 1. The van der Waals surface area contributed by atoms with Gasteiger partial charge in [-0.2, -0.15) is 0 Å². The number of hydrogen-bond acceptors (Lipinski definition) is 9. The molecule has 42 heavy (non-hydrogen) atoms.